The maximum atomic E-state index is 13.2. The Morgan fingerprint density at radius 1 is 0.971 bits per heavy atom. The van der Waals surface area contributed by atoms with Gasteiger partial charge in [-0.25, -0.2) is 0 Å². The second-order valence-electron chi connectivity index (χ2n) is 8.12. The van der Waals surface area contributed by atoms with Crippen molar-refractivity contribution in [3.8, 4) is 11.5 Å². The van der Waals surface area contributed by atoms with Crippen molar-refractivity contribution in [1.29, 1.82) is 0 Å². The number of Topliss-reactive ketones (excluding diaryl/α,β-unsaturated/α-hetero) is 1. The summed E-state index contributed by atoms with van der Waals surface area (Å²) in [6.45, 7) is 0.818. The first-order chi connectivity index (χ1) is 16.9. The molecule has 176 valence electrons. The van der Waals surface area contributed by atoms with E-state index < -0.39 is 28.4 Å². The summed E-state index contributed by atoms with van der Waals surface area (Å²) in [5.74, 6) is -1.15. The molecule has 1 saturated heterocycles. The number of ketones is 1. The summed E-state index contributed by atoms with van der Waals surface area (Å²) >= 11 is 0. The molecule has 0 aromatic heterocycles. The van der Waals surface area contributed by atoms with Gasteiger partial charge in [0.1, 0.15) is 19.0 Å². The molecule has 0 radical (unpaired) electrons. The van der Waals surface area contributed by atoms with E-state index in [0.717, 1.165) is 5.56 Å². The highest BCUT2D eigenvalue weighted by atomic mass is 16.6. The van der Waals surface area contributed by atoms with Gasteiger partial charge in [-0.1, -0.05) is 42.5 Å². The van der Waals surface area contributed by atoms with Crippen LogP contribution in [-0.4, -0.2) is 39.8 Å². The molecule has 0 spiro atoms. The monoisotopic (exact) mass is 472 g/mol. The molecule has 2 aliphatic heterocycles. The largest absolute Gasteiger partial charge is 0.507 e. The van der Waals surface area contributed by atoms with E-state index in [2.05, 4.69) is 0 Å². The minimum Gasteiger partial charge on any atom is -0.507 e. The minimum atomic E-state index is -1.02. The van der Waals surface area contributed by atoms with Crippen molar-refractivity contribution in [1.82, 2.24) is 4.90 Å². The Morgan fingerprint density at radius 3 is 2.46 bits per heavy atom. The Balaban J connectivity index is 1.65. The first kappa shape index (κ1) is 22.1. The smallest absolute Gasteiger partial charge is 0.295 e. The van der Waals surface area contributed by atoms with Crippen molar-refractivity contribution in [2.45, 2.75) is 12.6 Å². The maximum Gasteiger partial charge on any atom is 0.295 e. The highest BCUT2D eigenvalue weighted by Crippen LogP contribution is 2.42. The number of likely N-dealkylation sites (tertiary alicyclic amines) is 1. The predicted molar refractivity (Wildman–Crippen MR) is 125 cm³/mol. The van der Waals surface area contributed by atoms with Crippen LogP contribution in [0.3, 0.4) is 0 Å². The Morgan fingerprint density at radius 2 is 1.71 bits per heavy atom. The van der Waals surface area contributed by atoms with Crippen molar-refractivity contribution >= 4 is 23.1 Å². The van der Waals surface area contributed by atoms with E-state index in [0.29, 0.717) is 30.3 Å². The summed E-state index contributed by atoms with van der Waals surface area (Å²) in [5, 5.41) is 22.7. The quantitative estimate of drug-likeness (QED) is 0.196. The number of non-ortho nitro benzene ring substituents is 1. The lowest BCUT2D eigenvalue weighted by molar-refractivity contribution is -0.384. The summed E-state index contributed by atoms with van der Waals surface area (Å²) in [5.41, 5.74) is 1.04. The Kier molecular flexibility index (Phi) is 5.66. The van der Waals surface area contributed by atoms with Crippen LogP contribution in [-0.2, 0) is 16.1 Å². The van der Waals surface area contributed by atoms with Crippen LogP contribution in [0, 0.1) is 10.1 Å². The van der Waals surface area contributed by atoms with Gasteiger partial charge in [0.15, 0.2) is 11.5 Å². The second kappa shape index (κ2) is 8.94. The van der Waals surface area contributed by atoms with Crippen LogP contribution in [0.5, 0.6) is 11.5 Å². The molecule has 1 atom stereocenters. The normalized spacial score (nSPS) is 18.5. The van der Waals surface area contributed by atoms with Crippen LogP contribution in [0.25, 0.3) is 5.76 Å². The topological polar surface area (TPSA) is 119 Å². The lowest BCUT2D eigenvalue weighted by atomic mass is 9.94. The minimum absolute atomic E-state index is 0.0801. The second-order valence-corrected chi connectivity index (χ2v) is 8.12. The van der Waals surface area contributed by atoms with Gasteiger partial charge in [0.05, 0.1) is 16.5 Å². The molecule has 9 heteroatoms. The number of nitro groups is 1. The summed E-state index contributed by atoms with van der Waals surface area (Å²) in [6, 6.07) is 18.5. The summed E-state index contributed by atoms with van der Waals surface area (Å²) in [7, 11) is 0. The van der Waals surface area contributed by atoms with Crippen molar-refractivity contribution in [3.05, 3.63) is 105 Å². The van der Waals surface area contributed by atoms with Gasteiger partial charge in [-0.05, 0) is 29.3 Å². The number of aliphatic hydroxyl groups is 1. The third-order valence-electron chi connectivity index (χ3n) is 5.95. The van der Waals surface area contributed by atoms with E-state index in [1.165, 1.54) is 23.1 Å². The van der Waals surface area contributed by atoms with Gasteiger partial charge in [-0.3, -0.25) is 19.7 Å². The summed E-state index contributed by atoms with van der Waals surface area (Å²) in [4.78, 5) is 38.5. The van der Waals surface area contributed by atoms with Crippen LogP contribution >= 0.6 is 0 Å². The number of benzene rings is 3. The number of carbonyl (C=O) groups is 2. The number of fused-ring (bicyclic) bond motifs is 1. The number of ether oxygens (including phenoxy) is 2. The number of rotatable bonds is 5. The van der Waals surface area contributed by atoms with Gasteiger partial charge in [0.25, 0.3) is 17.4 Å². The van der Waals surface area contributed by atoms with Gasteiger partial charge >= 0.3 is 0 Å². The molecule has 0 bridgehead atoms. The summed E-state index contributed by atoms with van der Waals surface area (Å²) < 4.78 is 11.1. The molecule has 1 fully saturated rings. The predicted octanol–water partition coefficient (Wildman–Crippen LogP) is 3.99. The fourth-order valence-corrected chi connectivity index (χ4v) is 4.32. The van der Waals surface area contributed by atoms with Crippen molar-refractivity contribution in [2.75, 3.05) is 13.2 Å². The fourth-order valence-electron chi connectivity index (χ4n) is 4.32. The average Bonchev–Trinajstić information content (AvgIpc) is 3.13. The molecular formula is C26H20N2O7. The number of aliphatic hydroxyl groups excluding tert-OH is 1. The van der Waals surface area contributed by atoms with E-state index in [-0.39, 0.29) is 23.4 Å². The van der Waals surface area contributed by atoms with Gasteiger partial charge < -0.3 is 19.5 Å². The van der Waals surface area contributed by atoms with Crippen molar-refractivity contribution in [3.63, 3.8) is 0 Å². The molecule has 9 nitrogen and oxygen atoms in total. The lowest BCUT2D eigenvalue weighted by Crippen LogP contribution is -2.29. The molecule has 0 aliphatic carbocycles. The van der Waals surface area contributed by atoms with Crippen molar-refractivity contribution in [2.24, 2.45) is 0 Å². The Bertz CT molecular complexity index is 1370. The van der Waals surface area contributed by atoms with E-state index >= 15 is 0 Å². The molecule has 3 aromatic rings. The Labute approximate surface area is 200 Å². The van der Waals surface area contributed by atoms with Crippen LogP contribution in [0.15, 0.2) is 78.4 Å². The highest BCUT2D eigenvalue weighted by Gasteiger charge is 2.46. The SMILES string of the molecule is O=C1C(=O)N(Cc2ccccc2)[C@H](c2cccc([N+](=O)[O-])c2)/C1=C(\O)c1ccc2c(c1)OCCO2. The van der Waals surface area contributed by atoms with Gasteiger partial charge in [-0.15, -0.1) is 0 Å². The molecule has 35 heavy (non-hydrogen) atoms. The maximum absolute atomic E-state index is 13.2. The third kappa shape index (κ3) is 4.08. The molecule has 5 rings (SSSR count). The molecule has 1 amide bonds. The first-order valence-corrected chi connectivity index (χ1v) is 10.9. The molecule has 1 N–H and O–H groups in total. The van der Waals surface area contributed by atoms with Crippen LogP contribution in [0.1, 0.15) is 22.7 Å². The number of hydrogen-bond acceptors (Lipinski definition) is 7. The highest BCUT2D eigenvalue weighted by molar-refractivity contribution is 6.46. The Hall–Kier alpha value is -4.66. The van der Waals surface area contributed by atoms with E-state index in [9.17, 15) is 24.8 Å². The summed E-state index contributed by atoms with van der Waals surface area (Å²) in [6.07, 6.45) is 0. The van der Waals surface area contributed by atoms with E-state index in [1.54, 1.807) is 24.3 Å². The number of hydrogen-bond donors (Lipinski definition) is 1. The zero-order valence-corrected chi connectivity index (χ0v) is 18.4. The van der Waals surface area contributed by atoms with E-state index in [1.807, 2.05) is 30.3 Å². The van der Waals surface area contributed by atoms with Crippen molar-refractivity contribution < 1.29 is 29.1 Å². The molecule has 0 unspecified atom stereocenters. The number of carbonyl (C=O) groups excluding carboxylic acids is 2. The molecule has 3 aromatic carbocycles. The zero-order valence-electron chi connectivity index (χ0n) is 18.4. The molecule has 2 aliphatic rings. The molecule has 2 heterocycles. The van der Waals surface area contributed by atoms with Crippen LogP contribution < -0.4 is 9.47 Å². The first-order valence-electron chi connectivity index (χ1n) is 10.9. The third-order valence-corrected chi connectivity index (χ3v) is 5.95. The fraction of sp³-hybridized carbons (Fsp3) is 0.154. The van der Waals surface area contributed by atoms with Gasteiger partial charge in [0.2, 0.25) is 0 Å². The van der Waals surface area contributed by atoms with Crippen LogP contribution in [0.4, 0.5) is 5.69 Å². The van der Waals surface area contributed by atoms with Gasteiger partial charge in [-0.2, -0.15) is 0 Å². The number of nitro benzene ring substituents is 1. The molecular weight excluding hydrogens is 452 g/mol. The molecule has 0 saturated carbocycles. The standard InChI is InChI=1S/C26H20N2O7/c29-24(18-9-10-20-21(14-18)35-12-11-34-20)22-23(17-7-4-8-19(13-17)28(32)33)27(26(31)25(22)30)15-16-5-2-1-3-6-16/h1-10,13-14,23,29H,11-12,15H2/b24-22+/t23-/m1/s1. The lowest BCUT2D eigenvalue weighted by Gasteiger charge is -2.25. The average molecular weight is 472 g/mol. The van der Waals surface area contributed by atoms with Crippen LogP contribution in [0.2, 0.25) is 0 Å². The van der Waals surface area contributed by atoms with Gasteiger partial charge in [0, 0.05) is 24.2 Å². The number of nitrogens with zero attached hydrogens (tertiary/aromatic N) is 2. The van der Waals surface area contributed by atoms with E-state index in [4.69, 9.17) is 9.47 Å². The number of amides is 1. The zero-order chi connectivity index (χ0) is 24.5.